The Balaban J connectivity index is 1.64. The van der Waals surface area contributed by atoms with Crippen molar-refractivity contribution in [2.45, 2.75) is 78.0 Å². The molecule has 176 valence electrons. The molecular formula is C22H31F2N5O3. The van der Waals surface area contributed by atoms with E-state index in [-0.39, 0.29) is 49.6 Å². The van der Waals surface area contributed by atoms with Crippen LogP contribution in [-0.2, 0) is 16.1 Å². The van der Waals surface area contributed by atoms with Gasteiger partial charge in [0.05, 0.1) is 30.7 Å². The molecule has 2 aromatic heterocycles. The van der Waals surface area contributed by atoms with Crippen molar-refractivity contribution in [3.8, 4) is 0 Å². The van der Waals surface area contributed by atoms with E-state index in [4.69, 9.17) is 4.74 Å². The van der Waals surface area contributed by atoms with Crippen molar-refractivity contribution in [2.75, 3.05) is 0 Å². The zero-order valence-corrected chi connectivity index (χ0v) is 19.1. The molecule has 0 saturated heterocycles. The van der Waals surface area contributed by atoms with Crippen LogP contribution in [0.1, 0.15) is 71.2 Å². The molecule has 1 unspecified atom stereocenters. The molecule has 2 aromatic rings. The van der Waals surface area contributed by atoms with Crippen LogP contribution in [0.25, 0.3) is 5.65 Å². The molecule has 3 rings (SSSR count). The number of halogens is 2. The number of alkyl carbamates (subject to hydrolysis) is 1. The number of hydrogen-bond donors (Lipinski definition) is 2. The van der Waals surface area contributed by atoms with E-state index in [0.29, 0.717) is 11.3 Å². The first-order chi connectivity index (χ1) is 14.8. The van der Waals surface area contributed by atoms with E-state index in [0.717, 1.165) is 5.56 Å². The minimum absolute atomic E-state index is 0.0642. The predicted octanol–water partition coefficient (Wildman–Crippen LogP) is 4.00. The fraction of sp³-hybridized carbons (Fsp3) is 0.636. The molecule has 1 atom stereocenters. The van der Waals surface area contributed by atoms with Crippen molar-refractivity contribution in [1.29, 1.82) is 0 Å². The maximum atomic E-state index is 13.0. The van der Waals surface area contributed by atoms with Crippen molar-refractivity contribution in [3.05, 3.63) is 29.7 Å². The van der Waals surface area contributed by atoms with Gasteiger partial charge in [0.1, 0.15) is 5.60 Å². The highest BCUT2D eigenvalue weighted by Gasteiger charge is 2.45. The number of carbonyl (C=O) groups excluding carboxylic acids is 2. The second kappa shape index (κ2) is 8.99. The molecule has 0 radical (unpaired) electrons. The molecular weight excluding hydrogens is 420 g/mol. The SMILES string of the molecule is CC(C)C(NC(=O)CC1CC(F)(F)C1)c1cnn2cc(CNC(=O)OC(C)(C)C)nc2c1. The summed E-state index contributed by atoms with van der Waals surface area (Å²) >= 11 is 0. The number of fused-ring (bicyclic) bond motifs is 1. The van der Waals surface area contributed by atoms with Crippen LogP contribution in [-0.4, -0.2) is 38.1 Å². The fourth-order valence-corrected chi connectivity index (χ4v) is 3.73. The zero-order chi connectivity index (χ0) is 23.7. The summed E-state index contributed by atoms with van der Waals surface area (Å²) in [5.41, 5.74) is 1.37. The molecule has 1 aliphatic rings. The van der Waals surface area contributed by atoms with Gasteiger partial charge in [0.25, 0.3) is 0 Å². The quantitative estimate of drug-likeness (QED) is 0.663. The van der Waals surface area contributed by atoms with Crippen LogP contribution in [0.4, 0.5) is 13.6 Å². The lowest BCUT2D eigenvalue weighted by Crippen LogP contribution is -2.40. The Hall–Kier alpha value is -2.78. The summed E-state index contributed by atoms with van der Waals surface area (Å²) in [6.45, 7) is 9.48. The van der Waals surface area contributed by atoms with Crippen LogP contribution in [0.3, 0.4) is 0 Å². The summed E-state index contributed by atoms with van der Waals surface area (Å²) in [6, 6.07) is 1.51. The first-order valence-corrected chi connectivity index (χ1v) is 10.8. The lowest BCUT2D eigenvalue weighted by molar-refractivity contribution is -0.134. The number of nitrogens with one attached hydrogen (secondary N) is 2. The number of carbonyl (C=O) groups is 2. The average Bonchev–Trinajstić information content (AvgIpc) is 3.03. The Morgan fingerprint density at radius 2 is 2.00 bits per heavy atom. The molecule has 0 aliphatic heterocycles. The first kappa shape index (κ1) is 23.9. The van der Waals surface area contributed by atoms with Gasteiger partial charge in [-0.1, -0.05) is 13.8 Å². The number of ether oxygens (including phenoxy) is 1. The topological polar surface area (TPSA) is 97.6 Å². The van der Waals surface area contributed by atoms with Gasteiger partial charge in [0.15, 0.2) is 5.65 Å². The van der Waals surface area contributed by atoms with E-state index < -0.39 is 17.6 Å². The lowest BCUT2D eigenvalue weighted by Gasteiger charge is -2.35. The largest absolute Gasteiger partial charge is 0.444 e. The molecule has 0 bridgehead atoms. The van der Waals surface area contributed by atoms with E-state index in [1.807, 2.05) is 19.9 Å². The highest BCUT2D eigenvalue weighted by Crippen LogP contribution is 2.44. The second-order valence-electron chi connectivity index (χ2n) is 9.80. The number of nitrogens with zero attached hydrogens (tertiary/aromatic N) is 3. The van der Waals surface area contributed by atoms with Crippen molar-refractivity contribution in [3.63, 3.8) is 0 Å². The van der Waals surface area contributed by atoms with Crippen LogP contribution in [0.2, 0.25) is 0 Å². The summed E-state index contributed by atoms with van der Waals surface area (Å²) in [5, 5.41) is 9.98. The molecule has 2 N–H and O–H groups in total. The molecule has 8 nitrogen and oxygen atoms in total. The minimum Gasteiger partial charge on any atom is -0.444 e. The third-order valence-electron chi connectivity index (χ3n) is 5.19. The molecule has 32 heavy (non-hydrogen) atoms. The van der Waals surface area contributed by atoms with Crippen molar-refractivity contribution >= 4 is 17.6 Å². The maximum Gasteiger partial charge on any atom is 0.407 e. The molecule has 1 saturated carbocycles. The maximum absolute atomic E-state index is 13.0. The standard InChI is InChI=1S/C22H31F2N5O3/c1-13(2)19(28-18(30)6-14-8-22(23,24)9-14)15-7-17-27-16(12-29(17)26-10-15)11-25-20(31)32-21(3,4)5/h7,10,12-14,19H,6,8-9,11H2,1-5H3,(H,25,31)(H,28,30). The Bertz CT molecular complexity index is 976. The summed E-state index contributed by atoms with van der Waals surface area (Å²) in [7, 11) is 0. The van der Waals surface area contributed by atoms with Crippen LogP contribution in [0.15, 0.2) is 18.5 Å². The van der Waals surface area contributed by atoms with Crippen molar-refractivity contribution < 1.29 is 23.1 Å². The number of imidazole rings is 1. The molecule has 2 amide bonds. The summed E-state index contributed by atoms with van der Waals surface area (Å²) in [5.74, 6) is -3.08. The number of alkyl halides is 2. The smallest absolute Gasteiger partial charge is 0.407 e. The van der Waals surface area contributed by atoms with Gasteiger partial charge in [-0.15, -0.1) is 0 Å². The average molecular weight is 452 g/mol. The normalized spacial score (nSPS) is 17.1. The number of amides is 2. The van der Waals surface area contributed by atoms with Crippen LogP contribution >= 0.6 is 0 Å². The fourth-order valence-electron chi connectivity index (χ4n) is 3.73. The van der Waals surface area contributed by atoms with Gasteiger partial charge in [-0.3, -0.25) is 4.79 Å². The second-order valence-corrected chi connectivity index (χ2v) is 9.80. The van der Waals surface area contributed by atoms with Gasteiger partial charge in [-0.2, -0.15) is 5.10 Å². The Kier molecular flexibility index (Phi) is 6.71. The Morgan fingerprint density at radius 3 is 2.59 bits per heavy atom. The van der Waals surface area contributed by atoms with Gasteiger partial charge < -0.3 is 15.4 Å². The minimum atomic E-state index is -2.63. The number of rotatable bonds is 7. The molecule has 1 aliphatic carbocycles. The zero-order valence-electron chi connectivity index (χ0n) is 19.1. The van der Waals surface area contributed by atoms with E-state index in [1.165, 1.54) is 0 Å². The predicted molar refractivity (Wildman–Crippen MR) is 114 cm³/mol. The van der Waals surface area contributed by atoms with Gasteiger partial charge in [-0.25, -0.2) is 23.1 Å². The highest BCUT2D eigenvalue weighted by atomic mass is 19.3. The molecule has 10 heteroatoms. The summed E-state index contributed by atoms with van der Waals surface area (Å²) in [6.07, 6.45) is 2.47. The Morgan fingerprint density at radius 1 is 1.31 bits per heavy atom. The Labute approximate surface area is 186 Å². The van der Waals surface area contributed by atoms with E-state index in [9.17, 15) is 18.4 Å². The first-order valence-electron chi connectivity index (χ1n) is 10.8. The van der Waals surface area contributed by atoms with Crippen LogP contribution in [0, 0.1) is 11.8 Å². The number of aromatic nitrogens is 3. The molecule has 0 aromatic carbocycles. The monoisotopic (exact) mass is 451 g/mol. The molecule has 0 spiro atoms. The van der Waals surface area contributed by atoms with E-state index in [2.05, 4.69) is 20.7 Å². The third kappa shape index (κ3) is 6.37. The van der Waals surface area contributed by atoms with Crippen LogP contribution < -0.4 is 10.6 Å². The molecule has 1 fully saturated rings. The van der Waals surface area contributed by atoms with E-state index >= 15 is 0 Å². The van der Waals surface area contributed by atoms with Gasteiger partial charge in [0.2, 0.25) is 11.8 Å². The van der Waals surface area contributed by atoms with Crippen LogP contribution in [0.5, 0.6) is 0 Å². The highest BCUT2D eigenvalue weighted by molar-refractivity contribution is 5.77. The number of hydrogen-bond acceptors (Lipinski definition) is 5. The summed E-state index contributed by atoms with van der Waals surface area (Å²) < 4.78 is 32.9. The van der Waals surface area contributed by atoms with Crippen molar-refractivity contribution in [1.82, 2.24) is 25.2 Å². The van der Waals surface area contributed by atoms with Gasteiger partial charge in [-0.05, 0) is 44.2 Å². The van der Waals surface area contributed by atoms with Gasteiger partial charge >= 0.3 is 6.09 Å². The van der Waals surface area contributed by atoms with E-state index in [1.54, 1.807) is 37.7 Å². The van der Waals surface area contributed by atoms with Gasteiger partial charge in [0, 0.05) is 19.3 Å². The molecule has 2 heterocycles. The third-order valence-corrected chi connectivity index (χ3v) is 5.19. The summed E-state index contributed by atoms with van der Waals surface area (Å²) in [4.78, 5) is 28.7. The van der Waals surface area contributed by atoms with Crippen molar-refractivity contribution in [2.24, 2.45) is 11.8 Å². The lowest BCUT2D eigenvalue weighted by atomic mass is 9.79.